The molecule has 1 aromatic carbocycles. The number of hydrogen-bond donors (Lipinski definition) is 0. The summed E-state index contributed by atoms with van der Waals surface area (Å²) in [6.07, 6.45) is 2.92. The second-order valence-electron chi connectivity index (χ2n) is 7.18. The van der Waals surface area contributed by atoms with Gasteiger partial charge in [-0.15, -0.1) is 0 Å². The van der Waals surface area contributed by atoms with Crippen molar-refractivity contribution in [2.75, 3.05) is 33.2 Å². The second-order valence-corrected chi connectivity index (χ2v) is 7.61. The summed E-state index contributed by atoms with van der Waals surface area (Å²) in [4.78, 5) is 9.73. The number of rotatable bonds is 2. The molecule has 0 amide bonds. The molecule has 0 radical (unpaired) electrons. The van der Waals surface area contributed by atoms with Gasteiger partial charge in [-0.25, -0.2) is 4.99 Å². The second kappa shape index (κ2) is 7.05. The Bertz CT molecular complexity index is 802. The van der Waals surface area contributed by atoms with Crippen molar-refractivity contribution in [1.82, 2.24) is 14.8 Å². The lowest BCUT2D eigenvalue weighted by Crippen LogP contribution is -2.52. The van der Waals surface area contributed by atoms with Gasteiger partial charge in [0.1, 0.15) is 0 Å². The average Bonchev–Trinajstić information content (AvgIpc) is 2.67. The summed E-state index contributed by atoms with van der Waals surface area (Å²) in [6, 6.07) is 5.99. The fourth-order valence-corrected chi connectivity index (χ4v) is 3.98. The van der Waals surface area contributed by atoms with Gasteiger partial charge in [-0.2, -0.15) is 10.1 Å². The van der Waals surface area contributed by atoms with Crippen molar-refractivity contribution < 1.29 is 0 Å². The number of likely N-dealkylation sites (N-methyl/N-ethyl adjacent to an activating group) is 1. The molecule has 138 valence electrons. The first kappa shape index (κ1) is 17.6. The van der Waals surface area contributed by atoms with Gasteiger partial charge < -0.3 is 9.80 Å². The molecule has 4 rings (SSSR count). The molecular weight excluding hydrogens is 346 g/mol. The van der Waals surface area contributed by atoms with Gasteiger partial charge in [0.25, 0.3) is 0 Å². The van der Waals surface area contributed by atoms with E-state index < -0.39 is 0 Å². The van der Waals surface area contributed by atoms with Gasteiger partial charge in [-0.3, -0.25) is 0 Å². The number of fused-ring (bicyclic) bond motifs is 3. The van der Waals surface area contributed by atoms with E-state index in [0.717, 1.165) is 67.7 Å². The Balaban J connectivity index is 1.85. The first-order chi connectivity index (χ1) is 12.6. The van der Waals surface area contributed by atoms with E-state index >= 15 is 0 Å². The molecule has 6 heteroatoms. The van der Waals surface area contributed by atoms with Crippen LogP contribution in [0.25, 0.3) is 5.70 Å². The van der Waals surface area contributed by atoms with Crippen molar-refractivity contribution in [3.8, 4) is 0 Å². The third-order valence-electron chi connectivity index (χ3n) is 5.45. The Morgan fingerprint density at radius 2 is 1.85 bits per heavy atom. The van der Waals surface area contributed by atoms with Gasteiger partial charge in [0.15, 0.2) is 0 Å². The zero-order chi connectivity index (χ0) is 18.3. The number of hydrogen-bond acceptors (Lipinski definition) is 5. The summed E-state index contributed by atoms with van der Waals surface area (Å²) >= 11 is 6.31. The first-order valence-electron chi connectivity index (χ1n) is 9.51. The van der Waals surface area contributed by atoms with Crippen molar-refractivity contribution >= 4 is 34.7 Å². The van der Waals surface area contributed by atoms with E-state index in [9.17, 15) is 0 Å². The molecule has 1 aromatic rings. The number of halogens is 1. The summed E-state index contributed by atoms with van der Waals surface area (Å²) in [7, 11) is 2.17. The lowest BCUT2D eigenvalue weighted by Gasteiger charge is -2.41. The average molecular weight is 372 g/mol. The van der Waals surface area contributed by atoms with Crippen LogP contribution in [0.4, 0.5) is 5.69 Å². The number of piperazine rings is 1. The van der Waals surface area contributed by atoms with Gasteiger partial charge in [0.2, 0.25) is 5.96 Å². The molecular formula is C20H26ClN5. The number of benzene rings is 1. The Kier molecular flexibility index (Phi) is 4.76. The summed E-state index contributed by atoms with van der Waals surface area (Å²) in [5, 5.41) is 7.82. The van der Waals surface area contributed by atoms with Crippen molar-refractivity contribution in [3.05, 3.63) is 34.4 Å². The number of aliphatic imine (C=N–C) groups is 1. The van der Waals surface area contributed by atoms with Gasteiger partial charge in [-0.1, -0.05) is 25.4 Å². The van der Waals surface area contributed by atoms with E-state index in [0.29, 0.717) is 0 Å². The van der Waals surface area contributed by atoms with Crippen LogP contribution < -0.4 is 0 Å². The Hall–Kier alpha value is -1.85. The van der Waals surface area contributed by atoms with Crippen molar-refractivity contribution in [2.45, 2.75) is 33.1 Å². The highest BCUT2D eigenvalue weighted by Crippen LogP contribution is 2.42. The Morgan fingerprint density at radius 3 is 2.54 bits per heavy atom. The van der Waals surface area contributed by atoms with E-state index in [4.69, 9.17) is 21.7 Å². The largest absolute Gasteiger partial charge is 0.338 e. The van der Waals surface area contributed by atoms with E-state index in [1.54, 1.807) is 0 Å². The third kappa shape index (κ3) is 3.03. The maximum Gasteiger partial charge on any atom is 0.227 e. The summed E-state index contributed by atoms with van der Waals surface area (Å²) in [6.45, 7) is 8.44. The Labute approximate surface area is 160 Å². The minimum Gasteiger partial charge on any atom is -0.338 e. The molecule has 0 aromatic heterocycles. The van der Waals surface area contributed by atoms with E-state index in [-0.39, 0.29) is 0 Å². The fourth-order valence-electron chi connectivity index (χ4n) is 3.81. The highest BCUT2D eigenvalue weighted by molar-refractivity contribution is 6.31. The topological polar surface area (TPSA) is 34.4 Å². The molecule has 0 atom stereocenters. The van der Waals surface area contributed by atoms with Crippen molar-refractivity contribution in [1.29, 1.82) is 0 Å². The molecule has 0 bridgehead atoms. The predicted molar refractivity (Wildman–Crippen MR) is 109 cm³/mol. The molecule has 3 aliphatic heterocycles. The molecule has 0 N–H and O–H groups in total. The lowest BCUT2D eigenvalue weighted by molar-refractivity contribution is 0.203. The third-order valence-corrected chi connectivity index (χ3v) is 5.69. The number of nitrogens with zero attached hydrogens (tertiary/aromatic N) is 5. The molecule has 26 heavy (non-hydrogen) atoms. The number of hydrazone groups is 1. The monoisotopic (exact) mass is 371 g/mol. The Morgan fingerprint density at radius 1 is 1.08 bits per heavy atom. The van der Waals surface area contributed by atoms with E-state index in [1.807, 2.05) is 18.2 Å². The highest BCUT2D eigenvalue weighted by atomic mass is 35.5. The molecule has 1 saturated heterocycles. The SMILES string of the molecule is CCC1=NN2C(N3CCN(C)CC3)=Nc3ccc(Cl)cc3C2=C(CC)C1. The van der Waals surface area contributed by atoms with Crippen LogP contribution in [0.2, 0.25) is 5.02 Å². The quantitative estimate of drug-likeness (QED) is 0.782. The van der Waals surface area contributed by atoms with Crippen molar-refractivity contribution in [3.63, 3.8) is 0 Å². The standard InChI is InChI=1S/C20H26ClN5/c1-4-14-12-16(5-2)23-26-19(14)17-13-15(21)6-7-18(17)22-20(26)25-10-8-24(3)9-11-25/h6-7,13H,4-5,8-12H2,1-3H3. The fraction of sp³-hybridized carbons (Fsp3) is 0.500. The zero-order valence-corrected chi connectivity index (χ0v) is 16.6. The van der Waals surface area contributed by atoms with Crippen LogP contribution in [0.1, 0.15) is 38.7 Å². The molecule has 3 heterocycles. The van der Waals surface area contributed by atoms with E-state index in [2.05, 4.69) is 35.7 Å². The minimum absolute atomic E-state index is 0.746. The molecule has 0 spiro atoms. The maximum absolute atomic E-state index is 6.31. The van der Waals surface area contributed by atoms with Crippen LogP contribution in [-0.4, -0.2) is 59.7 Å². The molecule has 0 aliphatic carbocycles. The van der Waals surface area contributed by atoms with Crippen LogP contribution in [0.5, 0.6) is 0 Å². The molecule has 0 saturated carbocycles. The minimum atomic E-state index is 0.746. The van der Waals surface area contributed by atoms with Crippen LogP contribution >= 0.6 is 11.6 Å². The molecule has 3 aliphatic rings. The molecule has 0 unspecified atom stereocenters. The number of allylic oxidation sites excluding steroid dienone is 1. The van der Waals surface area contributed by atoms with Gasteiger partial charge in [0, 0.05) is 48.9 Å². The predicted octanol–water partition coefficient (Wildman–Crippen LogP) is 4.18. The van der Waals surface area contributed by atoms with Gasteiger partial charge in [0.05, 0.1) is 11.4 Å². The van der Waals surface area contributed by atoms with Crippen LogP contribution in [0, 0.1) is 0 Å². The first-order valence-corrected chi connectivity index (χ1v) is 9.89. The van der Waals surface area contributed by atoms with Gasteiger partial charge in [-0.05, 0) is 43.7 Å². The van der Waals surface area contributed by atoms with Crippen LogP contribution in [0.3, 0.4) is 0 Å². The van der Waals surface area contributed by atoms with Crippen molar-refractivity contribution in [2.24, 2.45) is 10.1 Å². The zero-order valence-electron chi connectivity index (χ0n) is 15.8. The maximum atomic E-state index is 6.31. The summed E-state index contributed by atoms with van der Waals surface area (Å²) in [5.41, 5.74) is 5.92. The molecule has 5 nitrogen and oxygen atoms in total. The highest BCUT2D eigenvalue weighted by Gasteiger charge is 2.34. The summed E-state index contributed by atoms with van der Waals surface area (Å²) < 4.78 is 0. The lowest BCUT2D eigenvalue weighted by atomic mass is 9.95. The normalized spacial score (nSPS) is 20.6. The van der Waals surface area contributed by atoms with Gasteiger partial charge >= 0.3 is 0 Å². The number of guanidine groups is 1. The smallest absolute Gasteiger partial charge is 0.227 e. The molecule has 1 fully saturated rings. The van der Waals surface area contributed by atoms with Crippen LogP contribution in [-0.2, 0) is 0 Å². The van der Waals surface area contributed by atoms with E-state index in [1.165, 1.54) is 17.0 Å². The van der Waals surface area contributed by atoms with Crippen LogP contribution in [0.15, 0.2) is 33.9 Å². The summed E-state index contributed by atoms with van der Waals surface area (Å²) in [5.74, 6) is 0.958.